The smallest absolute Gasteiger partial charge is 0.276 e. The molecule has 9 heteroatoms. The molecule has 0 amide bonds. The number of sulfonamides is 1. The zero-order chi connectivity index (χ0) is 23.6. The molecule has 1 aromatic carbocycles. The number of aromatic amines is 1. The van der Waals surface area contributed by atoms with Gasteiger partial charge in [-0.05, 0) is 63.9 Å². The number of benzene rings is 1. The lowest BCUT2D eigenvalue weighted by molar-refractivity contribution is 0.302. The summed E-state index contributed by atoms with van der Waals surface area (Å²) in [7, 11) is -3.70. The van der Waals surface area contributed by atoms with Crippen molar-refractivity contribution in [2.45, 2.75) is 64.4 Å². The quantitative estimate of drug-likeness (QED) is 0.528. The van der Waals surface area contributed by atoms with Gasteiger partial charge >= 0.3 is 0 Å². The van der Waals surface area contributed by atoms with E-state index in [2.05, 4.69) is 10.1 Å². The summed E-state index contributed by atoms with van der Waals surface area (Å²) in [5.41, 5.74) is 2.24. The van der Waals surface area contributed by atoms with Crippen molar-refractivity contribution in [2.24, 2.45) is 0 Å². The van der Waals surface area contributed by atoms with Crippen LogP contribution in [-0.2, 0) is 22.9 Å². The monoisotopic (exact) mass is 476 g/mol. The van der Waals surface area contributed by atoms with Crippen molar-refractivity contribution in [3.05, 3.63) is 74.8 Å². The number of aryl methyl sites for hydroxylation is 1. The molecule has 1 N–H and O–H groups in total. The second kappa shape index (κ2) is 9.60. The average Bonchev–Trinajstić information content (AvgIpc) is 3.04. The second-order valence-corrected chi connectivity index (χ2v) is 10.5. The Kier molecular flexibility index (Phi) is 7.27. The van der Waals surface area contributed by atoms with Gasteiger partial charge in [0.2, 0.25) is 10.0 Å². The van der Waals surface area contributed by atoms with Gasteiger partial charge in [0, 0.05) is 41.0 Å². The molecule has 172 valence electrons. The molecule has 2 aromatic heterocycles. The van der Waals surface area contributed by atoms with E-state index in [1.807, 2.05) is 46.8 Å². The minimum Gasteiger partial charge on any atom is -0.293 e. The Balaban J connectivity index is 1.96. The van der Waals surface area contributed by atoms with Gasteiger partial charge in [0.05, 0.1) is 0 Å². The fourth-order valence-electron chi connectivity index (χ4n) is 3.89. The maximum atomic E-state index is 13.1. The van der Waals surface area contributed by atoms with Gasteiger partial charge in [-0.3, -0.25) is 9.89 Å². The fourth-order valence-corrected chi connectivity index (χ4v) is 5.80. The number of rotatable bonds is 8. The van der Waals surface area contributed by atoms with Gasteiger partial charge in [-0.15, -0.1) is 0 Å². The molecule has 7 nitrogen and oxygen atoms in total. The number of pyridine rings is 1. The lowest BCUT2D eigenvalue weighted by Crippen LogP contribution is -2.41. The van der Waals surface area contributed by atoms with Crippen molar-refractivity contribution in [3.63, 3.8) is 0 Å². The predicted molar refractivity (Wildman–Crippen MR) is 127 cm³/mol. The van der Waals surface area contributed by atoms with Crippen LogP contribution in [0.1, 0.15) is 51.4 Å². The van der Waals surface area contributed by atoms with Crippen molar-refractivity contribution in [2.75, 3.05) is 0 Å². The highest BCUT2D eigenvalue weighted by Crippen LogP contribution is 2.21. The van der Waals surface area contributed by atoms with Crippen LogP contribution in [0.25, 0.3) is 5.82 Å². The molecule has 0 unspecified atom stereocenters. The van der Waals surface area contributed by atoms with E-state index in [4.69, 9.17) is 11.6 Å². The van der Waals surface area contributed by atoms with E-state index in [0.29, 0.717) is 29.2 Å². The average molecular weight is 477 g/mol. The largest absolute Gasteiger partial charge is 0.293 e. The highest BCUT2D eigenvalue weighted by atomic mass is 35.5. The summed E-state index contributed by atoms with van der Waals surface area (Å²) in [6.07, 6.45) is 2.42. The molecule has 0 spiro atoms. The molecular weight excluding hydrogens is 448 g/mol. The minimum atomic E-state index is -3.70. The third-order valence-corrected chi connectivity index (χ3v) is 7.75. The van der Waals surface area contributed by atoms with Crippen LogP contribution in [0.3, 0.4) is 0 Å². The van der Waals surface area contributed by atoms with Gasteiger partial charge in [-0.1, -0.05) is 30.7 Å². The standard InChI is InChI=1S/C23H29ClN4O3S/c1-6-21-20(13-17-7-9-18(24)10-8-17)23(29)27(26-21)22-12-11-19(14-25-22)32(30,31)28(15(2)3)16(4)5/h7-12,14-16,26H,6,13H2,1-5H3. The molecule has 0 saturated heterocycles. The molecule has 2 heterocycles. The summed E-state index contributed by atoms with van der Waals surface area (Å²) in [5.74, 6) is 0.339. The van der Waals surface area contributed by atoms with Crippen LogP contribution in [0.5, 0.6) is 0 Å². The molecule has 3 rings (SSSR count). The van der Waals surface area contributed by atoms with Gasteiger partial charge in [0.1, 0.15) is 4.90 Å². The van der Waals surface area contributed by atoms with E-state index in [0.717, 1.165) is 11.3 Å². The lowest BCUT2D eigenvalue weighted by Gasteiger charge is -2.29. The molecule has 0 radical (unpaired) electrons. The zero-order valence-corrected chi connectivity index (χ0v) is 20.5. The SMILES string of the molecule is CCc1[nH]n(-c2ccc(S(=O)(=O)N(C(C)C)C(C)C)cn2)c(=O)c1Cc1ccc(Cl)cc1. The maximum absolute atomic E-state index is 13.1. The molecule has 0 aliphatic carbocycles. The number of H-pyrrole nitrogens is 1. The molecule has 3 aromatic rings. The number of hydrogen-bond donors (Lipinski definition) is 1. The van der Waals surface area contributed by atoms with Crippen molar-refractivity contribution in [1.82, 2.24) is 19.1 Å². The van der Waals surface area contributed by atoms with Crippen molar-refractivity contribution in [1.29, 1.82) is 0 Å². The van der Waals surface area contributed by atoms with Gasteiger partial charge in [-0.2, -0.15) is 4.31 Å². The van der Waals surface area contributed by atoms with Crippen LogP contribution in [0, 0.1) is 0 Å². The molecule has 32 heavy (non-hydrogen) atoms. The first-order chi connectivity index (χ1) is 15.1. The molecule has 0 aliphatic rings. The van der Waals surface area contributed by atoms with Crippen LogP contribution in [0.15, 0.2) is 52.3 Å². The molecule has 0 aliphatic heterocycles. The van der Waals surface area contributed by atoms with Crippen molar-refractivity contribution < 1.29 is 8.42 Å². The third-order valence-electron chi connectivity index (χ3n) is 5.26. The lowest BCUT2D eigenvalue weighted by atomic mass is 10.0. The highest BCUT2D eigenvalue weighted by molar-refractivity contribution is 7.89. The van der Waals surface area contributed by atoms with E-state index in [-0.39, 0.29) is 22.5 Å². The summed E-state index contributed by atoms with van der Waals surface area (Å²) in [6.45, 7) is 9.33. The Hall–Kier alpha value is -2.42. The first-order valence-corrected chi connectivity index (χ1v) is 12.4. The van der Waals surface area contributed by atoms with Gasteiger partial charge < -0.3 is 0 Å². The van der Waals surface area contributed by atoms with Gasteiger partial charge in [0.25, 0.3) is 5.56 Å². The van der Waals surface area contributed by atoms with Gasteiger partial charge in [0.15, 0.2) is 5.82 Å². The molecule has 0 saturated carbocycles. The summed E-state index contributed by atoms with van der Waals surface area (Å²) >= 11 is 5.96. The maximum Gasteiger partial charge on any atom is 0.276 e. The molecule has 0 atom stereocenters. The fraction of sp³-hybridized carbons (Fsp3) is 0.391. The van der Waals surface area contributed by atoms with E-state index >= 15 is 0 Å². The predicted octanol–water partition coefficient (Wildman–Crippen LogP) is 4.17. The first-order valence-electron chi connectivity index (χ1n) is 10.6. The Morgan fingerprint density at radius 3 is 2.19 bits per heavy atom. The Bertz CT molecular complexity index is 1220. The highest BCUT2D eigenvalue weighted by Gasteiger charge is 2.29. The Morgan fingerprint density at radius 2 is 1.69 bits per heavy atom. The number of nitrogens with one attached hydrogen (secondary N) is 1. The second-order valence-electron chi connectivity index (χ2n) is 8.24. The van der Waals surface area contributed by atoms with Crippen LogP contribution >= 0.6 is 11.6 Å². The van der Waals surface area contributed by atoms with E-state index in [1.54, 1.807) is 18.2 Å². The zero-order valence-electron chi connectivity index (χ0n) is 19.0. The molecular formula is C23H29ClN4O3S. The van der Waals surface area contributed by atoms with Crippen LogP contribution < -0.4 is 5.56 Å². The number of aromatic nitrogens is 3. The minimum absolute atomic E-state index is 0.0976. The number of nitrogens with zero attached hydrogens (tertiary/aromatic N) is 3. The normalized spacial score (nSPS) is 12.3. The van der Waals surface area contributed by atoms with Crippen LogP contribution in [0.2, 0.25) is 5.02 Å². The van der Waals surface area contributed by atoms with E-state index < -0.39 is 10.0 Å². The van der Waals surface area contributed by atoms with E-state index in [9.17, 15) is 13.2 Å². The summed E-state index contributed by atoms with van der Waals surface area (Å²) in [5, 5.41) is 3.76. The summed E-state index contributed by atoms with van der Waals surface area (Å²) in [6, 6.07) is 10.1. The first kappa shape index (κ1) is 24.2. The Morgan fingerprint density at radius 1 is 1.06 bits per heavy atom. The van der Waals surface area contributed by atoms with E-state index in [1.165, 1.54) is 21.3 Å². The number of hydrogen-bond acceptors (Lipinski definition) is 4. The van der Waals surface area contributed by atoms with Crippen LogP contribution in [0.4, 0.5) is 0 Å². The third kappa shape index (κ3) is 4.82. The molecule has 0 fully saturated rings. The van der Waals surface area contributed by atoms with Crippen molar-refractivity contribution >= 4 is 21.6 Å². The topological polar surface area (TPSA) is 88.1 Å². The Labute approximate surface area is 194 Å². The number of halogens is 1. The van der Waals surface area contributed by atoms with Crippen LogP contribution in [-0.4, -0.2) is 39.6 Å². The summed E-state index contributed by atoms with van der Waals surface area (Å²) in [4.78, 5) is 17.5. The molecule has 0 bridgehead atoms. The summed E-state index contributed by atoms with van der Waals surface area (Å²) < 4.78 is 28.9. The van der Waals surface area contributed by atoms with Crippen molar-refractivity contribution in [3.8, 4) is 5.82 Å². The van der Waals surface area contributed by atoms with Gasteiger partial charge in [-0.25, -0.2) is 18.1 Å².